The third-order valence-corrected chi connectivity index (χ3v) is 3.01. The van der Waals surface area contributed by atoms with Crippen LogP contribution in [0.2, 0.25) is 5.02 Å². The van der Waals surface area contributed by atoms with Crippen molar-refractivity contribution < 1.29 is 14.6 Å². The Balaban J connectivity index is 2.27. The summed E-state index contributed by atoms with van der Waals surface area (Å²) in [5.41, 5.74) is 0.699. The molecule has 0 N–H and O–H groups in total. The predicted molar refractivity (Wildman–Crippen MR) is 78.4 cm³/mol. The van der Waals surface area contributed by atoms with Crippen LogP contribution in [-0.2, 0) is 4.84 Å². The lowest BCUT2D eigenvalue weighted by Gasteiger charge is -2.19. The number of halogens is 1. The standard InChI is InChI=1S/C14H11ClN2O4/c1-21-16(12-8-4-11(15)5-9-12)14(18)10-2-6-13(7-3-10)17(19)20/h2-9H,1H3. The van der Waals surface area contributed by atoms with Gasteiger partial charge in [0.2, 0.25) is 0 Å². The fraction of sp³-hybridized carbons (Fsp3) is 0.0714. The van der Waals surface area contributed by atoms with Gasteiger partial charge in [-0.1, -0.05) is 11.6 Å². The Hall–Kier alpha value is -2.44. The number of amides is 1. The Morgan fingerprint density at radius 1 is 1.14 bits per heavy atom. The highest BCUT2D eigenvalue weighted by Gasteiger charge is 2.18. The van der Waals surface area contributed by atoms with E-state index in [1.54, 1.807) is 24.3 Å². The molecule has 7 heteroatoms. The Kier molecular flexibility index (Phi) is 4.52. The van der Waals surface area contributed by atoms with Gasteiger partial charge < -0.3 is 0 Å². The first-order chi connectivity index (χ1) is 10.0. The highest BCUT2D eigenvalue weighted by Crippen LogP contribution is 2.21. The van der Waals surface area contributed by atoms with Crippen LogP contribution in [0.4, 0.5) is 11.4 Å². The summed E-state index contributed by atoms with van der Waals surface area (Å²) in [5.74, 6) is -0.435. The Bertz CT molecular complexity index is 656. The first kappa shape index (κ1) is 15.0. The van der Waals surface area contributed by atoms with E-state index in [4.69, 9.17) is 16.4 Å². The van der Waals surface area contributed by atoms with Crippen molar-refractivity contribution in [3.63, 3.8) is 0 Å². The predicted octanol–water partition coefficient (Wildman–Crippen LogP) is 3.46. The van der Waals surface area contributed by atoms with Crippen LogP contribution in [0.3, 0.4) is 0 Å². The zero-order chi connectivity index (χ0) is 15.4. The van der Waals surface area contributed by atoms with Crippen LogP contribution in [-0.4, -0.2) is 17.9 Å². The third kappa shape index (κ3) is 3.36. The number of non-ortho nitro benzene ring substituents is 1. The van der Waals surface area contributed by atoms with E-state index in [1.165, 1.54) is 31.4 Å². The number of nitro benzene ring substituents is 1. The molecule has 108 valence electrons. The number of carbonyl (C=O) groups excluding carboxylic acids is 1. The van der Waals surface area contributed by atoms with Gasteiger partial charge in [0.25, 0.3) is 11.6 Å². The van der Waals surface area contributed by atoms with E-state index in [2.05, 4.69) is 0 Å². The monoisotopic (exact) mass is 306 g/mol. The van der Waals surface area contributed by atoms with Gasteiger partial charge in [0.1, 0.15) is 0 Å². The zero-order valence-electron chi connectivity index (χ0n) is 11.0. The highest BCUT2D eigenvalue weighted by molar-refractivity contribution is 6.30. The first-order valence-electron chi connectivity index (χ1n) is 5.91. The molecule has 0 atom stereocenters. The number of carbonyl (C=O) groups is 1. The molecule has 2 rings (SSSR count). The summed E-state index contributed by atoms with van der Waals surface area (Å²) in [6.45, 7) is 0. The third-order valence-electron chi connectivity index (χ3n) is 2.75. The highest BCUT2D eigenvalue weighted by atomic mass is 35.5. The molecule has 0 aliphatic carbocycles. The molecule has 1 amide bonds. The molecule has 2 aromatic carbocycles. The minimum atomic E-state index is -0.526. The molecule has 0 spiro atoms. The maximum absolute atomic E-state index is 12.3. The summed E-state index contributed by atoms with van der Waals surface area (Å²) in [7, 11) is 1.36. The van der Waals surface area contributed by atoms with Crippen molar-refractivity contribution in [3.8, 4) is 0 Å². The molecule has 0 fully saturated rings. The lowest BCUT2D eigenvalue weighted by molar-refractivity contribution is -0.384. The number of hydroxylamine groups is 1. The summed E-state index contributed by atoms with van der Waals surface area (Å²) < 4.78 is 0. The van der Waals surface area contributed by atoms with Crippen molar-refractivity contribution in [3.05, 3.63) is 69.2 Å². The van der Waals surface area contributed by atoms with Crippen molar-refractivity contribution in [2.24, 2.45) is 0 Å². The fourth-order valence-electron chi connectivity index (χ4n) is 1.73. The second kappa shape index (κ2) is 6.34. The van der Waals surface area contributed by atoms with Gasteiger partial charge >= 0.3 is 0 Å². The lowest BCUT2D eigenvalue weighted by Crippen LogP contribution is -2.29. The Morgan fingerprint density at radius 3 is 2.19 bits per heavy atom. The van der Waals surface area contributed by atoms with Gasteiger partial charge in [0.05, 0.1) is 17.7 Å². The molecule has 0 aromatic heterocycles. The van der Waals surface area contributed by atoms with E-state index in [-0.39, 0.29) is 11.3 Å². The van der Waals surface area contributed by atoms with Gasteiger partial charge in [0, 0.05) is 22.7 Å². The van der Waals surface area contributed by atoms with Gasteiger partial charge in [-0.25, -0.2) is 0 Å². The van der Waals surface area contributed by atoms with Gasteiger partial charge in [-0.05, 0) is 36.4 Å². The summed E-state index contributed by atoms with van der Waals surface area (Å²) in [4.78, 5) is 27.5. The normalized spacial score (nSPS) is 10.2. The molecule has 0 radical (unpaired) electrons. The molecule has 0 aliphatic rings. The van der Waals surface area contributed by atoms with E-state index in [0.29, 0.717) is 10.7 Å². The maximum atomic E-state index is 12.3. The SMILES string of the molecule is CON(C(=O)c1ccc([N+](=O)[O-])cc1)c1ccc(Cl)cc1. The average molecular weight is 307 g/mol. The topological polar surface area (TPSA) is 72.7 Å². The number of benzene rings is 2. The molecule has 2 aromatic rings. The van der Waals surface area contributed by atoms with Gasteiger partial charge in [-0.2, -0.15) is 5.06 Å². The van der Waals surface area contributed by atoms with Crippen LogP contribution < -0.4 is 5.06 Å². The van der Waals surface area contributed by atoms with Crippen LogP contribution in [0.25, 0.3) is 0 Å². The van der Waals surface area contributed by atoms with E-state index in [1.807, 2.05) is 0 Å². The minimum absolute atomic E-state index is 0.0815. The number of nitrogens with zero attached hydrogens (tertiary/aromatic N) is 2. The van der Waals surface area contributed by atoms with Gasteiger partial charge in [0.15, 0.2) is 0 Å². The molecular weight excluding hydrogens is 296 g/mol. The summed E-state index contributed by atoms with van der Waals surface area (Å²) >= 11 is 5.80. The van der Waals surface area contributed by atoms with E-state index in [0.717, 1.165) is 5.06 Å². The fourth-order valence-corrected chi connectivity index (χ4v) is 1.85. The number of rotatable bonds is 4. The average Bonchev–Trinajstić information content (AvgIpc) is 2.50. The molecule has 0 unspecified atom stereocenters. The Labute approximate surface area is 125 Å². The number of hydrogen-bond acceptors (Lipinski definition) is 4. The van der Waals surface area contributed by atoms with Crippen LogP contribution in [0.1, 0.15) is 10.4 Å². The van der Waals surface area contributed by atoms with Crippen molar-refractivity contribution in [1.82, 2.24) is 0 Å². The number of nitro groups is 1. The molecular formula is C14H11ClN2O4. The molecule has 0 heterocycles. The zero-order valence-corrected chi connectivity index (χ0v) is 11.8. The molecule has 6 nitrogen and oxygen atoms in total. The first-order valence-corrected chi connectivity index (χ1v) is 6.29. The smallest absolute Gasteiger partial charge is 0.269 e. The van der Waals surface area contributed by atoms with Crippen LogP contribution in [0.15, 0.2) is 48.5 Å². The molecule has 0 saturated heterocycles. The maximum Gasteiger partial charge on any atom is 0.282 e. The second-order valence-corrected chi connectivity index (χ2v) is 4.50. The lowest BCUT2D eigenvalue weighted by atomic mass is 10.2. The van der Waals surface area contributed by atoms with Crippen LogP contribution >= 0.6 is 11.6 Å². The van der Waals surface area contributed by atoms with Crippen LogP contribution in [0.5, 0.6) is 0 Å². The number of anilines is 1. The van der Waals surface area contributed by atoms with E-state index >= 15 is 0 Å². The van der Waals surface area contributed by atoms with Gasteiger partial charge in [-0.3, -0.25) is 19.7 Å². The van der Waals surface area contributed by atoms with Gasteiger partial charge in [-0.15, -0.1) is 0 Å². The van der Waals surface area contributed by atoms with Crippen molar-refractivity contribution >= 4 is 28.9 Å². The largest absolute Gasteiger partial charge is 0.282 e. The van der Waals surface area contributed by atoms with E-state index < -0.39 is 10.8 Å². The second-order valence-electron chi connectivity index (χ2n) is 4.06. The van der Waals surface area contributed by atoms with Crippen molar-refractivity contribution in [2.75, 3.05) is 12.2 Å². The molecule has 21 heavy (non-hydrogen) atoms. The minimum Gasteiger partial charge on any atom is -0.269 e. The quantitative estimate of drug-likeness (QED) is 0.640. The van der Waals surface area contributed by atoms with Crippen molar-refractivity contribution in [1.29, 1.82) is 0 Å². The Morgan fingerprint density at radius 2 is 1.71 bits per heavy atom. The van der Waals surface area contributed by atoms with Crippen LogP contribution in [0, 0.1) is 10.1 Å². The van der Waals surface area contributed by atoms with E-state index in [9.17, 15) is 14.9 Å². The van der Waals surface area contributed by atoms with Crippen molar-refractivity contribution in [2.45, 2.75) is 0 Å². The molecule has 0 saturated carbocycles. The summed E-state index contributed by atoms with van der Waals surface area (Å²) in [6, 6.07) is 11.8. The number of hydrogen-bond donors (Lipinski definition) is 0. The summed E-state index contributed by atoms with van der Waals surface area (Å²) in [6.07, 6.45) is 0. The molecule has 0 bridgehead atoms. The molecule has 0 aliphatic heterocycles. The summed E-state index contributed by atoms with van der Waals surface area (Å²) in [5, 5.41) is 12.2.